The van der Waals surface area contributed by atoms with Gasteiger partial charge in [0.15, 0.2) is 0 Å². The summed E-state index contributed by atoms with van der Waals surface area (Å²) in [6, 6.07) is 2.97. The Hall–Kier alpha value is -2.35. The monoisotopic (exact) mass is 240 g/mol. The van der Waals surface area contributed by atoms with Crippen molar-refractivity contribution in [2.45, 2.75) is 0 Å². The molecule has 8 heteroatoms. The fourth-order valence-corrected chi connectivity index (χ4v) is 1.16. The van der Waals surface area contributed by atoms with Gasteiger partial charge in [-0.05, 0) is 12.1 Å². The summed E-state index contributed by atoms with van der Waals surface area (Å²) in [5.74, 6) is -0.994. The van der Waals surface area contributed by atoms with Crippen molar-refractivity contribution < 1.29 is 20.3 Å². The molecule has 10 N–H and O–H groups in total. The summed E-state index contributed by atoms with van der Waals surface area (Å²) >= 11 is 0. The van der Waals surface area contributed by atoms with Gasteiger partial charge < -0.3 is 16.0 Å². The average molecular weight is 240 g/mol. The molecule has 1 rings (SSSR count). The highest BCUT2D eigenvalue weighted by atomic mass is 16.2. The number of guanidine groups is 1. The van der Waals surface area contributed by atoms with Gasteiger partial charge in [-0.1, -0.05) is 0 Å². The third-order valence-electron chi connectivity index (χ3n) is 1.90. The molecule has 1 aromatic rings. The normalized spacial score (nSPS) is 9.71. The minimum atomic E-state index is -0.499. The summed E-state index contributed by atoms with van der Waals surface area (Å²) in [7, 11) is 0. The Bertz CT molecular complexity index is 446. The summed E-state index contributed by atoms with van der Waals surface area (Å²) < 4.78 is 0. The van der Waals surface area contributed by atoms with E-state index in [1.165, 1.54) is 12.1 Å². The van der Waals surface area contributed by atoms with Crippen LogP contribution in [0.3, 0.4) is 0 Å². The third kappa shape index (κ3) is 3.61. The van der Waals surface area contributed by atoms with E-state index in [9.17, 15) is 9.59 Å². The molecule has 0 spiro atoms. The molecule has 1 heterocycles. The molecule has 0 saturated heterocycles. The Kier molecular flexibility index (Phi) is 4.23. The first-order chi connectivity index (χ1) is 8.04. The first-order valence-corrected chi connectivity index (χ1v) is 5.00. The van der Waals surface area contributed by atoms with Crippen molar-refractivity contribution in [2.24, 2.45) is 11.5 Å². The number of hydrogen-bond acceptors (Lipinski definition) is 2. The van der Waals surface area contributed by atoms with Crippen molar-refractivity contribution in [2.75, 3.05) is 13.1 Å². The van der Waals surface area contributed by atoms with Crippen LogP contribution in [0, 0.1) is 0 Å². The van der Waals surface area contributed by atoms with E-state index < -0.39 is 5.91 Å². The fraction of sp³-hybridized carbons (Fsp3) is 0.222. The van der Waals surface area contributed by atoms with Gasteiger partial charge in [-0.25, -0.2) is 9.79 Å². The molecule has 0 saturated carbocycles. The number of rotatable bonds is 4. The van der Waals surface area contributed by atoms with Crippen molar-refractivity contribution in [3.05, 3.63) is 23.5 Å². The second-order valence-corrected chi connectivity index (χ2v) is 3.30. The van der Waals surface area contributed by atoms with E-state index in [1.807, 2.05) is 0 Å². The molecule has 0 aliphatic heterocycles. The lowest BCUT2D eigenvalue weighted by molar-refractivity contribution is -0.364. The Labute approximate surface area is 97.3 Å². The number of hydrogen-bond donors (Lipinski definition) is 6. The van der Waals surface area contributed by atoms with E-state index >= 15 is 0 Å². The Morgan fingerprint density at radius 2 is 2.00 bits per heavy atom. The molecule has 1 aromatic heterocycles. The predicted octanol–water partition coefficient (Wildman–Crippen LogP) is -4.52. The zero-order valence-electron chi connectivity index (χ0n) is 9.25. The summed E-state index contributed by atoms with van der Waals surface area (Å²) in [6.07, 6.45) is 0. The van der Waals surface area contributed by atoms with Gasteiger partial charge in [-0.15, -0.1) is 0 Å². The second-order valence-electron chi connectivity index (χ2n) is 3.30. The summed E-state index contributed by atoms with van der Waals surface area (Å²) in [6.45, 7) is 1.07. The van der Waals surface area contributed by atoms with Gasteiger partial charge in [-0.3, -0.25) is 16.3 Å². The Morgan fingerprint density at radius 1 is 1.35 bits per heavy atom. The predicted molar refractivity (Wildman–Crippen MR) is 59.6 cm³/mol. The minimum absolute atomic E-state index is 0.201. The van der Waals surface area contributed by atoms with Gasteiger partial charge >= 0.3 is 11.9 Å². The first-order valence-electron chi connectivity index (χ1n) is 5.00. The fourth-order valence-electron chi connectivity index (χ4n) is 1.16. The highest BCUT2D eigenvalue weighted by molar-refractivity contribution is 5.95. The van der Waals surface area contributed by atoms with E-state index in [-0.39, 0.29) is 17.6 Å². The SMILES string of the molecule is NC(N)=[NH+]C(=O)c1ccc(C(=O)NCC[NH3+])[nH]1. The molecule has 8 nitrogen and oxygen atoms in total. The number of carbonyl (C=O) groups is 2. The van der Waals surface area contributed by atoms with E-state index in [2.05, 4.69) is 21.0 Å². The molecule has 0 fully saturated rings. The molecular formula is C9H16N6O2+2. The minimum Gasteiger partial charge on any atom is -0.356 e. The topological polar surface area (TPSA) is 156 Å². The van der Waals surface area contributed by atoms with Crippen LogP contribution in [0.4, 0.5) is 0 Å². The largest absolute Gasteiger partial charge is 0.356 e. The van der Waals surface area contributed by atoms with Crippen molar-refractivity contribution in [1.29, 1.82) is 0 Å². The van der Waals surface area contributed by atoms with Crippen molar-refractivity contribution in [3.63, 3.8) is 0 Å². The smallest absolute Gasteiger partial charge is 0.346 e. The summed E-state index contributed by atoms with van der Waals surface area (Å²) in [5, 5.41) is 2.62. The molecule has 0 bridgehead atoms. The van der Waals surface area contributed by atoms with Crippen LogP contribution >= 0.6 is 0 Å². The van der Waals surface area contributed by atoms with Crippen molar-refractivity contribution >= 4 is 17.8 Å². The molecule has 0 aliphatic rings. The van der Waals surface area contributed by atoms with Crippen LogP contribution in [0.15, 0.2) is 12.1 Å². The molecule has 0 radical (unpaired) electrons. The maximum Gasteiger partial charge on any atom is 0.346 e. The quantitative estimate of drug-likeness (QED) is 0.231. The standard InChI is InChI=1S/C9H14N6O2/c10-3-4-13-7(16)5-1-2-6(14-5)8(17)15-9(11)12/h1-2,14H,3-4,10H2,(H,13,16)(H4,11,12,15,17)/p+2. The van der Waals surface area contributed by atoms with Crippen LogP contribution in [-0.4, -0.2) is 35.8 Å². The van der Waals surface area contributed by atoms with Gasteiger partial charge in [0.1, 0.15) is 11.4 Å². The second kappa shape index (κ2) is 5.66. The van der Waals surface area contributed by atoms with E-state index in [4.69, 9.17) is 11.5 Å². The highest BCUT2D eigenvalue weighted by Gasteiger charge is 2.13. The lowest BCUT2D eigenvalue weighted by Crippen LogP contribution is -2.81. The van der Waals surface area contributed by atoms with Gasteiger partial charge in [-0.2, -0.15) is 0 Å². The molecule has 2 amide bonds. The lowest BCUT2D eigenvalue weighted by atomic mass is 10.4. The number of nitrogens with one attached hydrogen (secondary N) is 3. The zero-order valence-corrected chi connectivity index (χ0v) is 9.25. The van der Waals surface area contributed by atoms with Crippen LogP contribution in [-0.2, 0) is 0 Å². The molecule has 0 unspecified atom stereocenters. The summed E-state index contributed by atoms with van der Waals surface area (Å²) in [5.41, 5.74) is 14.3. The van der Waals surface area contributed by atoms with Gasteiger partial charge in [0.25, 0.3) is 5.91 Å². The number of nitrogens with two attached hydrogens (primary N) is 2. The van der Waals surface area contributed by atoms with E-state index in [0.29, 0.717) is 18.8 Å². The van der Waals surface area contributed by atoms with Gasteiger partial charge in [0, 0.05) is 0 Å². The third-order valence-corrected chi connectivity index (χ3v) is 1.90. The highest BCUT2D eigenvalue weighted by Crippen LogP contribution is 2.00. The summed E-state index contributed by atoms with van der Waals surface area (Å²) in [4.78, 5) is 27.8. The van der Waals surface area contributed by atoms with Crippen LogP contribution < -0.4 is 27.5 Å². The van der Waals surface area contributed by atoms with Crippen molar-refractivity contribution in [3.8, 4) is 0 Å². The number of quaternary nitrogens is 1. The van der Waals surface area contributed by atoms with Crippen LogP contribution in [0.1, 0.15) is 21.0 Å². The van der Waals surface area contributed by atoms with E-state index in [1.54, 1.807) is 0 Å². The molecule has 17 heavy (non-hydrogen) atoms. The number of aromatic nitrogens is 1. The lowest BCUT2D eigenvalue weighted by Gasteiger charge is -1.98. The maximum absolute atomic E-state index is 11.5. The first kappa shape index (κ1) is 12.7. The van der Waals surface area contributed by atoms with Crippen molar-refractivity contribution in [1.82, 2.24) is 10.3 Å². The Balaban J connectivity index is 2.74. The number of aromatic amines is 1. The van der Waals surface area contributed by atoms with E-state index in [0.717, 1.165) is 0 Å². The van der Waals surface area contributed by atoms with Gasteiger partial charge in [0.05, 0.1) is 13.1 Å². The number of carbonyl (C=O) groups excluding carboxylic acids is 2. The average Bonchev–Trinajstić information content (AvgIpc) is 2.74. The maximum atomic E-state index is 11.5. The van der Waals surface area contributed by atoms with Crippen LogP contribution in [0.25, 0.3) is 0 Å². The number of amides is 2. The molecular weight excluding hydrogens is 224 g/mol. The molecule has 0 atom stereocenters. The Morgan fingerprint density at radius 3 is 2.59 bits per heavy atom. The van der Waals surface area contributed by atoms with Crippen LogP contribution in [0.2, 0.25) is 0 Å². The van der Waals surface area contributed by atoms with Crippen LogP contribution in [0.5, 0.6) is 0 Å². The molecule has 92 valence electrons. The molecule has 0 aromatic carbocycles. The number of H-pyrrole nitrogens is 1. The zero-order chi connectivity index (χ0) is 12.8. The van der Waals surface area contributed by atoms with Gasteiger partial charge in [0.2, 0.25) is 0 Å². The molecule has 0 aliphatic carbocycles.